The molecule has 1 aliphatic rings. The van der Waals surface area contributed by atoms with Crippen LogP contribution in [-0.2, 0) is 0 Å². The molecule has 2 rings (SSSR count). The third-order valence-electron chi connectivity index (χ3n) is 3.32. The van der Waals surface area contributed by atoms with Crippen LogP contribution in [-0.4, -0.2) is 52.2 Å². The van der Waals surface area contributed by atoms with Crippen molar-refractivity contribution in [3.63, 3.8) is 0 Å². The Hall–Kier alpha value is -1.43. The summed E-state index contributed by atoms with van der Waals surface area (Å²) in [5, 5.41) is 9.99. The normalized spacial score (nSPS) is 19.8. The molecular weight excluding hydrogens is 230 g/mol. The Morgan fingerprint density at radius 1 is 1.61 bits per heavy atom. The van der Waals surface area contributed by atoms with Crippen LogP contribution in [0, 0.1) is 0 Å². The van der Waals surface area contributed by atoms with Crippen LogP contribution in [0.5, 0.6) is 0 Å². The summed E-state index contributed by atoms with van der Waals surface area (Å²) in [7, 11) is 1.91. The fourth-order valence-electron chi connectivity index (χ4n) is 2.31. The first kappa shape index (κ1) is 13.0. The maximum atomic E-state index is 12.3. The molecule has 0 bridgehead atoms. The number of carbonyl (C=O) groups excluding carboxylic acids is 1. The lowest BCUT2D eigenvalue weighted by atomic mass is 10.2. The van der Waals surface area contributed by atoms with Crippen LogP contribution in [0.3, 0.4) is 0 Å². The van der Waals surface area contributed by atoms with E-state index in [0.29, 0.717) is 5.82 Å². The number of hydrogen-bond donors (Lipinski definition) is 2. The van der Waals surface area contributed by atoms with E-state index in [1.807, 2.05) is 25.8 Å². The van der Waals surface area contributed by atoms with Crippen molar-refractivity contribution < 1.29 is 4.79 Å². The number of aromatic amines is 1. The first-order valence-electron chi connectivity index (χ1n) is 6.51. The summed E-state index contributed by atoms with van der Waals surface area (Å²) in [6.07, 6.45) is 2.10. The standard InChI is InChI=1S/C12H21N5O/c1-8(2)10-14-11(16-15-10)12(18)17-6-4-5-9(17)7-13-3/h8-9,13H,4-7H2,1-3H3,(H,14,15,16). The second kappa shape index (κ2) is 5.48. The highest BCUT2D eigenvalue weighted by Crippen LogP contribution is 2.19. The van der Waals surface area contributed by atoms with Gasteiger partial charge in [0.05, 0.1) is 0 Å². The van der Waals surface area contributed by atoms with E-state index in [2.05, 4.69) is 20.5 Å². The fourth-order valence-corrected chi connectivity index (χ4v) is 2.31. The number of amides is 1. The van der Waals surface area contributed by atoms with E-state index in [1.54, 1.807) is 0 Å². The van der Waals surface area contributed by atoms with Crippen molar-refractivity contribution in [2.75, 3.05) is 20.1 Å². The van der Waals surface area contributed by atoms with Crippen molar-refractivity contribution in [1.82, 2.24) is 25.4 Å². The highest BCUT2D eigenvalue weighted by molar-refractivity contribution is 5.90. The van der Waals surface area contributed by atoms with Gasteiger partial charge in [-0.05, 0) is 19.9 Å². The molecule has 0 spiro atoms. The molecule has 1 fully saturated rings. The van der Waals surface area contributed by atoms with Crippen molar-refractivity contribution in [2.45, 2.75) is 38.6 Å². The minimum atomic E-state index is -0.0594. The number of H-pyrrole nitrogens is 1. The summed E-state index contributed by atoms with van der Waals surface area (Å²) >= 11 is 0. The van der Waals surface area contributed by atoms with E-state index in [4.69, 9.17) is 0 Å². The van der Waals surface area contributed by atoms with E-state index in [0.717, 1.165) is 31.8 Å². The van der Waals surface area contributed by atoms with Gasteiger partial charge in [0, 0.05) is 25.0 Å². The number of hydrogen-bond acceptors (Lipinski definition) is 4. The summed E-state index contributed by atoms with van der Waals surface area (Å²) in [5.41, 5.74) is 0. The molecule has 6 heteroatoms. The van der Waals surface area contributed by atoms with Crippen molar-refractivity contribution >= 4 is 5.91 Å². The average Bonchev–Trinajstić information content (AvgIpc) is 2.97. The number of aromatic nitrogens is 3. The van der Waals surface area contributed by atoms with Crippen LogP contribution >= 0.6 is 0 Å². The Morgan fingerprint density at radius 2 is 2.39 bits per heavy atom. The number of nitrogens with one attached hydrogen (secondary N) is 2. The van der Waals surface area contributed by atoms with Gasteiger partial charge < -0.3 is 10.2 Å². The Kier molecular flexibility index (Phi) is 3.96. The summed E-state index contributed by atoms with van der Waals surface area (Å²) < 4.78 is 0. The highest BCUT2D eigenvalue weighted by atomic mass is 16.2. The molecule has 0 saturated carbocycles. The molecule has 0 aliphatic carbocycles. The van der Waals surface area contributed by atoms with Crippen LogP contribution in [0.15, 0.2) is 0 Å². The third-order valence-corrected chi connectivity index (χ3v) is 3.32. The highest BCUT2D eigenvalue weighted by Gasteiger charge is 2.31. The van der Waals surface area contributed by atoms with Crippen molar-refractivity contribution in [3.05, 3.63) is 11.6 Å². The number of rotatable bonds is 4. The third kappa shape index (κ3) is 2.53. The quantitative estimate of drug-likeness (QED) is 0.828. The van der Waals surface area contributed by atoms with E-state index in [-0.39, 0.29) is 17.9 Å². The van der Waals surface area contributed by atoms with Crippen molar-refractivity contribution in [1.29, 1.82) is 0 Å². The minimum Gasteiger partial charge on any atom is -0.332 e. The van der Waals surface area contributed by atoms with Gasteiger partial charge in [-0.2, -0.15) is 0 Å². The summed E-state index contributed by atoms with van der Waals surface area (Å²) in [6, 6.07) is 0.267. The molecule has 0 aromatic carbocycles. The van der Waals surface area contributed by atoms with Crippen LogP contribution < -0.4 is 5.32 Å². The summed E-state index contributed by atoms with van der Waals surface area (Å²) in [5.74, 6) is 1.26. The Bertz CT molecular complexity index is 414. The van der Waals surface area contributed by atoms with Crippen molar-refractivity contribution in [2.24, 2.45) is 0 Å². The Balaban J connectivity index is 2.09. The second-order valence-corrected chi connectivity index (χ2v) is 5.05. The monoisotopic (exact) mass is 251 g/mol. The lowest BCUT2D eigenvalue weighted by Crippen LogP contribution is -2.41. The zero-order valence-electron chi connectivity index (χ0n) is 11.2. The van der Waals surface area contributed by atoms with Gasteiger partial charge in [0.1, 0.15) is 5.82 Å². The number of carbonyl (C=O) groups is 1. The molecule has 2 N–H and O–H groups in total. The first-order valence-corrected chi connectivity index (χ1v) is 6.51. The molecule has 1 aliphatic heterocycles. The molecule has 1 amide bonds. The van der Waals surface area contributed by atoms with E-state index < -0.39 is 0 Å². The van der Waals surface area contributed by atoms with E-state index >= 15 is 0 Å². The maximum absolute atomic E-state index is 12.3. The van der Waals surface area contributed by atoms with Crippen molar-refractivity contribution in [3.8, 4) is 0 Å². The maximum Gasteiger partial charge on any atom is 0.293 e. The van der Waals surface area contributed by atoms with Gasteiger partial charge >= 0.3 is 0 Å². The van der Waals surface area contributed by atoms with Gasteiger partial charge in [0.15, 0.2) is 0 Å². The average molecular weight is 251 g/mol. The topological polar surface area (TPSA) is 73.9 Å². The van der Waals surface area contributed by atoms with Gasteiger partial charge in [0.2, 0.25) is 5.82 Å². The van der Waals surface area contributed by atoms with Crippen LogP contribution in [0.2, 0.25) is 0 Å². The lowest BCUT2D eigenvalue weighted by molar-refractivity contribution is 0.0725. The van der Waals surface area contributed by atoms with Gasteiger partial charge in [0.25, 0.3) is 5.91 Å². The molecule has 1 unspecified atom stereocenters. The van der Waals surface area contributed by atoms with Crippen LogP contribution in [0.1, 0.15) is 49.1 Å². The fraction of sp³-hybridized carbons (Fsp3) is 0.750. The molecule has 1 atom stereocenters. The predicted octanol–water partition coefficient (Wildman–Crippen LogP) is 0.752. The molecular formula is C12H21N5O. The number of likely N-dealkylation sites (N-methyl/N-ethyl adjacent to an activating group) is 1. The largest absolute Gasteiger partial charge is 0.332 e. The lowest BCUT2D eigenvalue weighted by Gasteiger charge is -2.23. The van der Waals surface area contributed by atoms with Gasteiger partial charge in [-0.1, -0.05) is 13.8 Å². The minimum absolute atomic E-state index is 0.0594. The van der Waals surface area contributed by atoms with Crippen LogP contribution in [0.4, 0.5) is 0 Å². The number of likely N-dealkylation sites (tertiary alicyclic amines) is 1. The molecule has 18 heavy (non-hydrogen) atoms. The number of nitrogens with zero attached hydrogens (tertiary/aromatic N) is 3. The summed E-state index contributed by atoms with van der Waals surface area (Å²) in [6.45, 7) is 5.67. The first-order chi connectivity index (χ1) is 8.63. The molecule has 1 aromatic rings. The zero-order valence-corrected chi connectivity index (χ0v) is 11.2. The Morgan fingerprint density at radius 3 is 3.00 bits per heavy atom. The van der Waals surface area contributed by atoms with Crippen LogP contribution in [0.25, 0.3) is 0 Å². The zero-order chi connectivity index (χ0) is 13.1. The van der Waals surface area contributed by atoms with E-state index in [9.17, 15) is 4.79 Å². The molecule has 1 saturated heterocycles. The SMILES string of the molecule is CNCC1CCCN1C(=O)c1n[nH]c(C(C)C)n1. The second-order valence-electron chi connectivity index (χ2n) is 5.05. The van der Waals surface area contributed by atoms with Gasteiger partial charge in [-0.25, -0.2) is 4.98 Å². The molecule has 0 radical (unpaired) electrons. The molecule has 2 heterocycles. The smallest absolute Gasteiger partial charge is 0.293 e. The molecule has 100 valence electrons. The molecule has 1 aromatic heterocycles. The van der Waals surface area contributed by atoms with Gasteiger partial charge in [-0.3, -0.25) is 9.89 Å². The van der Waals surface area contributed by atoms with E-state index in [1.165, 1.54) is 0 Å². The Labute approximate surface area is 107 Å². The summed E-state index contributed by atoms with van der Waals surface area (Å²) in [4.78, 5) is 18.5. The predicted molar refractivity (Wildman–Crippen MR) is 68.5 cm³/mol. The molecule has 6 nitrogen and oxygen atoms in total. The van der Waals surface area contributed by atoms with Gasteiger partial charge in [-0.15, -0.1) is 5.10 Å².